The van der Waals surface area contributed by atoms with E-state index in [1.807, 2.05) is 24.3 Å². The number of amides is 1. The maximum Gasteiger partial charge on any atom is 0.243 e. The number of nitrogens with one attached hydrogen (secondary N) is 1. The molecular formula is C20H21N3O4S. The Kier molecular flexibility index (Phi) is 4.68. The molecule has 0 radical (unpaired) electrons. The quantitative estimate of drug-likeness (QED) is 0.728. The molecule has 0 saturated heterocycles. The van der Waals surface area contributed by atoms with Crippen LogP contribution in [0.25, 0.3) is 11.1 Å². The largest absolute Gasteiger partial charge is 0.441 e. The summed E-state index contributed by atoms with van der Waals surface area (Å²) in [6.07, 6.45) is 0.340. The minimum absolute atomic E-state index is 0.0525. The lowest BCUT2D eigenvalue weighted by Crippen LogP contribution is -2.51. The van der Waals surface area contributed by atoms with E-state index in [-0.39, 0.29) is 18.2 Å². The molecule has 7 nitrogen and oxygen atoms in total. The number of carbonyl (C=O) groups is 1. The van der Waals surface area contributed by atoms with E-state index in [1.54, 1.807) is 32.0 Å². The standard InChI is InChI=1S/C20H21N3O4S/c1-3-28(25,26)23-12-15-7-5-4-6-14(15)10-18(23)20(24)22-16-8-9-19-17(11-16)21-13(2)27-19/h4-9,11,18H,3,10,12H2,1-2H3,(H,22,24)/t18-/m1/s1. The monoisotopic (exact) mass is 399 g/mol. The highest BCUT2D eigenvalue weighted by Crippen LogP contribution is 2.27. The fourth-order valence-corrected chi connectivity index (χ4v) is 4.75. The summed E-state index contributed by atoms with van der Waals surface area (Å²) < 4.78 is 32.0. The van der Waals surface area contributed by atoms with E-state index in [2.05, 4.69) is 10.3 Å². The predicted molar refractivity (Wildman–Crippen MR) is 106 cm³/mol. The van der Waals surface area contributed by atoms with Crippen LogP contribution in [0.4, 0.5) is 5.69 Å². The minimum Gasteiger partial charge on any atom is -0.441 e. The third-order valence-electron chi connectivity index (χ3n) is 4.99. The van der Waals surface area contributed by atoms with Gasteiger partial charge in [0.05, 0.1) is 5.75 Å². The Hall–Kier alpha value is -2.71. The van der Waals surface area contributed by atoms with Gasteiger partial charge in [0.2, 0.25) is 15.9 Å². The number of hydrogen-bond donors (Lipinski definition) is 1. The second kappa shape index (κ2) is 7.03. The summed E-state index contributed by atoms with van der Waals surface area (Å²) in [4.78, 5) is 17.3. The Balaban J connectivity index is 1.64. The number of fused-ring (bicyclic) bond motifs is 2. The van der Waals surface area contributed by atoms with E-state index < -0.39 is 16.1 Å². The van der Waals surface area contributed by atoms with Crippen LogP contribution in [-0.2, 0) is 27.8 Å². The molecule has 1 aromatic heterocycles. The number of nitrogens with zero attached hydrogens (tertiary/aromatic N) is 2. The van der Waals surface area contributed by atoms with Crippen LogP contribution in [0.2, 0.25) is 0 Å². The SMILES string of the molecule is CCS(=O)(=O)N1Cc2ccccc2C[C@@H]1C(=O)Nc1ccc2oc(C)nc2c1. The molecule has 1 aliphatic rings. The Labute approximate surface area is 163 Å². The van der Waals surface area contributed by atoms with Gasteiger partial charge in [0.25, 0.3) is 0 Å². The van der Waals surface area contributed by atoms with Crippen molar-refractivity contribution in [2.75, 3.05) is 11.1 Å². The van der Waals surface area contributed by atoms with Crippen molar-refractivity contribution in [2.24, 2.45) is 0 Å². The van der Waals surface area contributed by atoms with Crippen molar-refractivity contribution in [3.8, 4) is 0 Å². The Morgan fingerprint density at radius 3 is 2.75 bits per heavy atom. The van der Waals surface area contributed by atoms with Gasteiger partial charge < -0.3 is 9.73 Å². The molecule has 4 rings (SSSR count). The number of benzene rings is 2. The lowest BCUT2D eigenvalue weighted by molar-refractivity contribution is -0.120. The molecule has 0 bridgehead atoms. The average molecular weight is 399 g/mol. The summed E-state index contributed by atoms with van der Waals surface area (Å²) in [6.45, 7) is 3.54. The van der Waals surface area contributed by atoms with E-state index >= 15 is 0 Å². The van der Waals surface area contributed by atoms with Crippen LogP contribution in [0, 0.1) is 6.92 Å². The van der Waals surface area contributed by atoms with Gasteiger partial charge in [-0.3, -0.25) is 4.79 Å². The zero-order chi connectivity index (χ0) is 19.9. The number of aromatic nitrogens is 1. The second-order valence-electron chi connectivity index (χ2n) is 6.84. The number of sulfonamides is 1. The number of aryl methyl sites for hydroxylation is 1. The Morgan fingerprint density at radius 2 is 2.00 bits per heavy atom. The average Bonchev–Trinajstić information content (AvgIpc) is 3.06. The fraction of sp³-hybridized carbons (Fsp3) is 0.300. The minimum atomic E-state index is -3.54. The zero-order valence-electron chi connectivity index (χ0n) is 15.7. The van der Waals surface area contributed by atoms with Crippen LogP contribution in [0.3, 0.4) is 0 Å². The molecule has 0 aliphatic carbocycles. The number of hydrogen-bond acceptors (Lipinski definition) is 5. The van der Waals surface area contributed by atoms with Gasteiger partial charge in [-0.05, 0) is 42.7 Å². The molecule has 2 aromatic carbocycles. The first-order valence-corrected chi connectivity index (χ1v) is 10.7. The number of carbonyl (C=O) groups excluding carboxylic acids is 1. The van der Waals surface area contributed by atoms with E-state index in [4.69, 9.17) is 4.42 Å². The van der Waals surface area contributed by atoms with E-state index in [0.717, 1.165) is 11.1 Å². The molecule has 28 heavy (non-hydrogen) atoms. The maximum absolute atomic E-state index is 13.0. The van der Waals surface area contributed by atoms with E-state index in [1.165, 1.54) is 4.31 Å². The van der Waals surface area contributed by atoms with Crippen molar-refractivity contribution in [3.05, 3.63) is 59.5 Å². The number of rotatable bonds is 4. The van der Waals surface area contributed by atoms with Crippen LogP contribution in [0.15, 0.2) is 46.9 Å². The van der Waals surface area contributed by atoms with Crippen molar-refractivity contribution >= 4 is 32.7 Å². The first-order valence-electron chi connectivity index (χ1n) is 9.12. The van der Waals surface area contributed by atoms with Crippen molar-refractivity contribution in [1.82, 2.24) is 9.29 Å². The van der Waals surface area contributed by atoms with E-state index in [0.29, 0.717) is 29.1 Å². The molecule has 8 heteroatoms. The number of oxazole rings is 1. The molecule has 3 aromatic rings. The highest BCUT2D eigenvalue weighted by Gasteiger charge is 2.37. The highest BCUT2D eigenvalue weighted by atomic mass is 32.2. The summed E-state index contributed by atoms with van der Waals surface area (Å²) in [7, 11) is -3.54. The van der Waals surface area contributed by atoms with Crippen molar-refractivity contribution in [2.45, 2.75) is 32.9 Å². The maximum atomic E-state index is 13.0. The third-order valence-corrected chi connectivity index (χ3v) is 6.82. The Morgan fingerprint density at radius 1 is 1.25 bits per heavy atom. The van der Waals surface area contributed by atoms with Crippen LogP contribution in [0.5, 0.6) is 0 Å². The number of anilines is 1. The third kappa shape index (κ3) is 3.41. The van der Waals surface area contributed by atoms with Crippen molar-refractivity contribution in [1.29, 1.82) is 0 Å². The van der Waals surface area contributed by atoms with E-state index in [9.17, 15) is 13.2 Å². The van der Waals surface area contributed by atoms with Gasteiger partial charge in [0.15, 0.2) is 11.5 Å². The van der Waals surface area contributed by atoms with Crippen LogP contribution in [-0.4, -0.2) is 35.4 Å². The highest BCUT2D eigenvalue weighted by molar-refractivity contribution is 7.89. The van der Waals surface area contributed by atoms with Gasteiger partial charge in [0.1, 0.15) is 11.6 Å². The van der Waals surface area contributed by atoms with Crippen molar-refractivity contribution < 1.29 is 17.6 Å². The molecular weight excluding hydrogens is 378 g/mol. The lowest BCUT2D eigenvalue weighted by Gasteiger charge is -2.34. The molecule has 146 valence electrons. The fourth-order valence-electron chi connectivity index (χ4n) is 3.53. The Bertz CT molecular complexity index is 1150. The summed E-state index contributed by atoms with van der Waals surface area (Å²) in [5.41, 5.74) is 3.76. The molecule has 0 fully saturated rings. The van der Waals surface area contributed by atoms with Crippen LogP contribution < -0.4 is 5.32 Å². The topological polar surface area (TPSA) is 92.5 Å². The molecule has 0 saturated carbocycles. The summed E-state index contributed by atoms with van der Waals surface area (Å²) in [6, 6.07) is 12.0. The molecule has 1 atom stereocenters. The lowest BCUT2D eigenvalue weighted by atomic mass is 9.95. The first-order chi connectivity index (χ1) is 13.4. The zero-order valence-corrected chi connectivity index (χ0v) is 16.5. The van der Waals surface area contributed by atoms with Gasteiger partial charge >= 0.3 is 0 Å². The molecule has 1 N–H and O–H groups in total. The predicted octanol–water partition coefficient (Wildman–Crippen LogP) is 2.85. The molecule has 1 aliphatic heterocycles. The van der Waals surface area contributed by atoms with Gasteiger partial charge in [0, 0.05) is 19.2 Å². The smallest absolute Gasteiger partial charge is 0.243 e. The van der Waals surface area contributed by atoms with Crippen LogP contribution >= 0.6 is 0 Å². The molecule has 0 spiro atoms. The van der Waals surface area contributed by atoms with Gasteiger partial charge in [-0.15, -0.1) is 0 Å². The second-order valence-corrected chi connectivity index (χ2v) is 9.05. The summed E-state index contributed by atoms with van der Waals surface area (Å²) >= 11 is 0. The molecule has 1 amide bonds. The van der Waals surface area contributed by atoms with Gasteiger partial charge in [-0.1, -0.05) is 24.3 Å². The summed E-state index contributed by atoms with van der Waals surface area (Å²) in [5.74, 6) is 0.136. The van der Waals surface area contributed by atoms with Gasteiger partial charge in [-0.25, -0.2) is 13.4 Å². The normalized spacial score (nSPS) is 17.4. The van der Waals surface area contributed by atoms with Crippen LogP contribution in [0.1, 0.15) is 23.9 Å². The molecule has 2 heterocycles. The molecule has 0 unspecified atom stereocenters. The summed E-state index contributed by atoms with van der Waals surface area (Å²) in [5, 5.41) is 2.84. The van der Waals surface area contributed by atoms with Gasteiger partial charge in [-0.2, -0.15) is 4.31 Å². The van der Waals surface area contributed by atoms with Crippen molar-refractivity contribution in [3.63, 3.8) is 0 Å². The first kappa shape index (κ1) is 18.6.